The zero-order valence-electron chi connectivity index (χ0n) is 23.0. The molecule has 0 saturated heterocycles. The van der Waals surface area contributed by atoms with Crippen molar-refractivity contribution in [2.45, 2.75) is 19.3 Å². The average Bonchev–Trinajstić information content (AvgIpc) is 3.27. The third-order valence-corrected chi connectivity index (χ3v) is 8.48. The van der Waals surface area contributed by atoms with Gasteiger partial charge in [0.1, 0.15) is 5.52 Å². The number of hydrogen-bond acceptors (Lipinski definition) is 3. The molecule has 8 rings (SSSR count). The predicted octanol–water partition coefficient (Wildman–Crippen LogP) is 9.49. The molecule has 1 aliphatic carbocycles. The van der Waals surface area contributed by atoms with Crippen LogP contribution in [0.3, 0.4) is 0 Å². The van der Waals surface area contributed by atoms with Crippen LogP contribution in [-0.2, 0) is 5.41 Å². The fourth-order valence-electron chi connectivity index (χ4n) is 6.33. The number of aromatic nitrogens is 3. The molecule has 0 saturated carbocycles. The maximum atomic E-state index is 5.28. The molecule has 0 N–H and O–H groups in total. The topological polar surface area (TPSA) is 38.7 Å². The number of nitrogens with zero attached hydrogens (tertiary/aromatic N) is 3. The van der Waals surface area contributed by atoms with Crippen LogP contribution >= 0.6 is 0 Å². The lowest BCUT2D eigenvalue weighted by Gasteiger charge is -2.21. The molecular weight excluding hydrogens is 498 g/mol. The minimum Gasteiger partial charge on any atom is -0.245 e. The molecule has 194 valence electrons. The summed E-state index contributed by atoms with van der Waals surface area (Å²) in [6.45, 7) is 4.63. The monoisotopic (exact) mass is 525 g/mol. The summed E-state index contributed by atoms with van der Waals surface area (Å²) in [5.74, 6) is 0.703. The van der Waals surface area contributed by atoms with E-state index in [1.807, 2.05) is 24.3 Å². The van der Waals surface area contributed by atoms with Gasteiger partial charge in [0.25, 0.3) is 0 Å². The smallest absolute Gasteiger partial charge is 0.160 e. The van der Waals surface area contributed by atoms with Gasteiger partial charge in [0.2, 0.25) is 0 Å². The molecule has 3 nitrogen and oxygen atoms in total. The average molecular weight is 526 g/mol. The first kappa shape index (κ1) is 23.7. The van der Waals surface area contributed by atoms with E-state index in [4.69, 9.17) is 15.0 Å². The summed E-state index contributed by atoms with van der Waals surface area (Å²) in [5.41, 5.74) is 12.1. The molecule has 0 aliphatic heterocycles. The van der Waals surface area contributed by atoms with Crippen LogP contribution in [0.15, 0.2) is 127 Å². The molecule has 3 heteroatoms. The molecule has 0 atom stereocenters. The second-order valence-corrected chi connectivity index (χ2v) is 11.3. The van der Waals surface area contributed by atoms with Crippen molar-refractivity contribution in [3.05, 3.63) is 139 Å². The normalized spacial score (nSPS) is 13.3. The van der Waals surface area contributed by atoms with Crippen LogP contribution < -0.4 is 0 Å². The standard InChI is InChI=1S/C38H27N3/c1-38(2)31-16-10-9-15-28(31)29-20-18-27(23-32(29)38)33-22-19-25-17-21-30-34(24-11-5-3-6-12-24)40-37(26-13-7-4-8-14-26)41-36(30)35(25)39-33/h3-23H,1-2H3. The van der Waals surface area contributed by atoms with Crippen LogP contribution in [0.1, 0.15) is 25.0 Å². The number of rotatable bonds is 3. The summed E-state index contributed by atoms with van der Waals surface area (Å²) < 4.78 is 0. The Morgan fingerprint density at radius 3 is 1.98 bits per heavy atom. The Hall–Kier alpha value is -5.15. The van der Waals surface area contributed by atoms with E-state index in [0.29, 0.717) is 5.82 Å². The fourth-order valence-corrected chi connectivity index (χ4v) is 6.33. The SMILES string of the molecule is CC1(C)c2ccccc2-c2ccc(-c3ccc4ccc5c(-c6ccccc6)nc(-c6ccccc6)nc5c4n3)cc21. The Morgan fingerprint density at radius 1 is 0.488 bits per heavy atom. The number of fused-ring (bicyclic) bond motifs is 6. The largest absolute Gasteiger partial charge is 0.245 e. The Morgan fingerprint density at radius 2 is 1.17 bits per heavy atom. The summed E-state index contributed by atoms with van der Waals surface area (Å²) in [6, 6.07) is 44.6. The van der Waals surface area contributed by atoms with Gasteiger partial charge < -0.3 is 0 Å². The van der Waals surface area contributed by atoms with Gasteiger partial charge in [0, 0.05) is 32.9 Å². The third-order valence-electron chi connectivity index (χ3n) is 8.48. The van der Waals surface area contributed by atoms with E-state index in [0.717, 1.165) is 49.9 Å². The highest BCUT2D eigenvalue weighted by Gasteiger charge is 2.35. The Bertz CT molecular complexity index is 2110. The van der Waals surface area contributed by atoms with Gasteiger partial charge in [-0.2, -0.15) is 0 Å². The van der Waals surface area contributed by atoms with Gasteiger partial charge >= 0.3 is 0 Å². The van der Waals surface area contributed by atoms with Crippen LogP contribution in [0.4, 0.5) is 0 Å². The molecule has 1 aliphatic rings. The maximum Gasteiger partial charge on any atom is 0.160 e. The van der Waals surface area contributed by atoms with Gasteiger partial charge in [-0.3, -0.25) is 0 Å². The van der Waals surface area contributed by atoms with Crippen molar-refractivity contribution in [2.75, 3.05) is 0 Å². The lowest BCUT2D eigenvalue weighted by molar-refractivity contribution is 0.660. The molecule has 0 spiro atoms. The van der Waals surface area contributed by atoms with Gasteiger partial charge in [-0.25, -0.2) is 15.0 Å². The quantitative estimate of drug-likeness (QED) is 0.216. The molecule has 41 heavy (non-hydrogen) atoms. The summed E-state index contributed by atoms with van der Waals surface area (Å²) in [7, 11) is 0. The van der Waals surface area contributed by atoms with Gasteiger partial charge in [-0.1, -0.05) is 123 Å². The Kier molecular flexibility index (Phi) is 5.17. The first-order valence-corrected chi connectivity index (χ1v) is 14.0. The molecule has 2 aromatic heterocycles. The van der Waals surface area contributed by atoms with E-state index in [1.54, 1.807) is 0 Å². The van der Waals surface area contributed by atoms with Crippen molar-refractivity contribution in [3.63, 3.8) is 0 Å². The van der Waals surface area contributed by atoms with Crippen LogP contribution in [0, 0.1) is 0 Å². The van der Waals surface area contributed by atoms with Crippen molar-refractivity contribution in [3.8, 4) is 45.0 Å². The summed E-state index contributed by atoms with van der Waals surface area (Å²) in [6.07, 6.45) is 0. The molecule has 2 heterocycles. The van der Waals surface area contributed by atoms with E-state index in [-0.39, 0.29) is 5.41 Å². The van der Waals surface area contributed by atoms with Crippen LogP contribution in [-0.4, -0.2) is 15.0 Å². The van der Waals surface area contributed by atoms with E-state index >= 15 is 0 Å². The molecule has 0 unspecified atom stereocenters. The highest BCUT2D eigenvalue weighted by atomic mass is 14.9. The van der Waals surface area contributed by atoms with Crippen LogP contribution in [0.5, 0.6) is 0 Å². The Labute approximate surface area is 239 Å². The lowest BCUT2D eigenvalue weighted by atomic mass is 9.82. The molecule has 0 fully saturated rings. The van der Waals surface area contributed by atoms with E-state index < -0.39 is 0 Å². The summed E-state index contributed by atoms with van der Waals surface area (Å²) >= 11 is 0. The van der Waals surface area contributed by atoms with Crippen molar-refractivity contribution in [1.29, 1.82) is 0 Å². The van der Waals surface area contributed by atoms with Gasteiger partial charge in [0.15, 0.2) is 5.82 Å². The first-order chi connectivity index (χ1) is 20.1. The van der Waals surface area contributed by atoms with Crippen molar-refractivity contribution in [1.82, 2.24) is 15.0 Å². The molecule has 5 aromatic carbocycles. The fraction of sp³-hybridized carbons (Fsp3) is 0.0789. The highest BCUT2D eigenvalue weighted by Crippen LogP contribution is 2.49. The molecule has 0 radical (unpaired) electrons. The maximum absolute atomic E-state index is 5.28. The van der Waals surface area contributed by atoms with Crippen LogP contribution in [0.25, 0.3) is 66.8 Å². The minimum absolute atomic E-state index is 0.0616. The van der Waals surface area contributed by atoms with E-state index in [9.17, 15) is 0 Å². The van der Waals surface area contributed by atoms with Gasteiger partial charge in [-0.15, -0.1) is 0 Å². The zero-order chi connectivity index (χ0) is 27.6. The Balaban J connectivity index is 1.35. The van der Waals surface area contributed by atoms with Crippen molar-refractivity contribution >= 4 is 21.8 Å². The number of benzene rings is 5. The minimum atomic E-state index is -0.0616. The third kappa shape index (κ3) is 3.70. The predicted molar refractivity (Wildman–Crippen MR) is 169 cm³/mol. The summed E-state index contributed by atoms with van der Waals surface area (Å²) in [5, 5.41) is 2.06. The van der Waals surface area contributed by atoms with Crippen LogP contribution in [0.2, 0.25) is 0 Å². The lowest BCUT2D eigenvalue weighted by Crippen LogP contribution is -2.14. The molecular formula is C38H27N3. The van der Waals surface area contributed by atoms with E-state index in [1.165, 1.54) is 22.3 Å². The number of pyridine rings is 1. The zero-order valence-corrected chi connectivity index (χ0v) is 23.0. The van der Waals surface area contributed by atoms with Gasteiger partial charge in [0.05, 0.1) is 16.9 Å². The second kappa shape index (κ2) is 8.94. The second-order valence-electron chi connectivity index (χ2n) is 11.3. The van der Waals surface area contributed by atoms with Crippen molar-refractivity contribution < 1.29 is 0 Å². The van der Waals surface area contributed by atoms with E-state index in [2.05, 4.69) is 117 Å². The summed E-state index contributed by atoms with van der Waals surface area (Å²) in [4.78, 5) is 15.5. The van der Waals surface area contributed by atoms with Gasteiger partial charge in [-0.05, 0) is 40.5 Å². The molecule has 0 amide bonds. The highest BCUT2D eigenvalue weighted by molar-refractivity contribution is 6.08. The van der Waals surface area contributed by atoms with Crippen molar-refractivity contribution in [2.24, 2.45) is 0 Å². The molecule has 0 bridgehead atoms. The molecule has 7 aromatic rings. The first-order valence-electron chi connectivity index (χ1n) is 14.0. The number of hydrogen-bond donors (Lipinski definition) is 0.